The van der Waals surface area contributed by atoms with Crippen molar-refractivity contribution in [3.63, 3.8) is 0 Å². The first kappa shape index (κ1) is 19.8. The number of hydrogen-bond acceptors (Lipinski definition) is 1. The summed E-state index contributed by atoms with van der Waals surface area (Å²) in [5.41, 5.74) is 5.68. The highest BCUT2D eigenvalue weighted by molar-refractivity contribution is 6.01. The van der Waals surface area contributed by atoms with Crippen molar-refractivity contribution in [3.05, 3.63) is 83.9 Å². The van der Waals surface area contributed by atoms with E-state index in [1.165, 1.54) is 44.0 Å². The maximum atomic E-state index is 2.49. The largest absolute Gasteiger partial charge is 0.244 e. The Hall–Kier alpha value is -3.13. The van der Waals surface area contributed by atoms with Crippen LogP contribution >= 0.6 is 0 Å². The SMILES string of the molecule is CCCc1ccc2ccccc2c1N1C=[N+](c2c(CCC)ccc3ccccc23)CC1. The van der Waals surface area contributed by atoms with Crippen LogP contribution in [-0.2, 0) is 12.8 Å². The van der Waals surface area contributed by atoms with E-state index in [1.54, 1.807) is 0 Å². The number of rotatable bonds is 6. The van der Waals surface area contributed by atoms with Gasteiger partial charge in [-0.2, -0.15) is 0 Å². The summed E-state index contributed by atoms with van der Waals surface area (Å²) in [4.78, 5) is 2.49. The minimum atomic E-state index is 1.01. The van der Waals surface area contributed by atoms with Crippen LogP contribution in [0.25, 0.3) is 21.5 Å². The topological polar surface area (TPSA) is 6.25 Å². The zero-order chi connectivity index (χ0) is 21.2. The molecule has 0 radical (unpaired) electrons. The molecule has 0 atom stereocenters. The fourth-order valence-corrected chi connectivity index (χ4v) is 5.06. The number of hydrogen-bond donors (Lipinski definition) is 0. The monoisotopic (exact) mass is 407 g/mol. The third kappa shape index (κ3) is 3.61. The van der Waals surface area contributed by atoms with Crippen molar-refractivity contribution < 1.29 is 4.58 Å². The lowest BCUT2D eigenvalue weighted by Gasteiger charge is -2.15. The molecule has 5 rings (SSSR count). The van der Waals surface area contributed by atoms with E-state index < -0.39 is 0 Å². The number of aryl methyl sites for hydroxylation is 2. The number of anilines is 1. The summed E-state index contributed by atoms with van der Waals surface area (Å²) < 4.78 is 2.49. The molecular formula is C29H31N2+. The van der Waals surface area contributed by atoms with Crippen molar-refractivity contribution in [3.8, 4) is 0 Å². The Bertz CT molecular complexity index is 1270. The van der Waals surface area contributed by atoms with Gasteiger partial charge in [0.25, 0.3) is 0 Å². The average Bonchev–Trinajstić information content (AvgIpc) is 3.28. The van der Waals surface area contributed by atoms with E-state index in [-0.39, 0.29) is 0 Å². The molecule has 156 valence electrons. The highest BCUT2D eigenvalue weighted by atomic mass is 15.3. The predicted octanol–water partition coefficient (Wildman–Crippen LogP) is 7.09. The maximum Gasteiger partial charge on any atom is 0.244 e. The maximum absolute atomic E-state index is 2.49. The predicted molar refractivity (Wildman–Crippen MR) is 134 cm³/mol. The van der Waals surface area contributed by atoms with E-state index in [0.29, 0.717) is 0 Å². The second-order valence-electron chi connectivity index (χ2n) is 8.59. The molecule has 1 heterocycles. The minimum Gasteiger partial charge on any atom is -0.229 e. The van der Waals surface area contributed by atoms with Crippen LogP contribution in [0.5, 0.6) is 0 Å². The van der Waals surface area contributed by atoms with Gasteiger partial charge in [-0.15, -0.1) is 0 Å². The summed E-state index contributed by atoms with van der Waals surface area (Å²) in [5.74, 6) is 0. The lowest BCUT2D eigenvalue weighted by Crippen LogP contribution is -2.20. The summed E-state index contributed by atoms with van der Waals surface area (Å²) in [6.07, 6.45) is 6.90. The number of fused-ring (bicyclic) bond motifs is 2. The summed E-state index contributed by atoms with van der Waals surface area (Å²) in [5, 5.41) is 5.36. The third-order valence-electron chi connectivity index (χ3n) is 6.44. The summed E-state index contributed by atoms with van der Waals surface area (Å²) >= 11 is 0. The molecule has 0 saturated heterocycles. The first-order valence-electron chi connectivity index (χ1n) is 11.7. The molecule has 1 aliphatic rings. The molecule has 0 amide bonds. The normalized spacial score (nSPS) is 13.9. The zero-order valence-corrected chi connectivity index (χ0v) is 18.6. The van der Waals surface area contributed by atoms with E-state index >= 15 is 0 Å². The zero-order valence-electron chi connectivity index (χ0n) is 18.6. The molecule has 0 aromatic heterocycles. The van der Waals surface area contributed by atoms with E-state index in [1.807, 2.05) is 0 Å². The fourth-order valence-electron chi connectivity index (χ4n) is 5.06. The van der Waals surface area contributed by atoms with Gasteiger partial charge in [0.05, 0.1) is 0 Å². The molecule has 0 bridgehead atoms. The van der Waals surface area contributed by atoms with Crippen molar-refractivity contribution in [2.75, 3.05) is 18.0 Å². The van der Waals surface area contributed by atoms with Crippen LogP contribution in [0.1, 0.15) is 37.8 Å². The van der Waals surface area contributed by atoms with Gasteiger partial charge in [0.2, 0.25) is 6.34 Å². The van der Waals surface area contributed by atoms with E-state index in [0.717, 1.165) is 38.8 Å². The summed E-state index contributed by atoms with van der Waals surface area (Å²) in [6, 6.07) is 26.8. The van der Waals surface area contributed by atoms with Crippen LogP contribution in [0.4, 0.5) is 11.4 Å². The van der Waals surface area contributed by atoms with Gasteiger partial charge in [0.1, 0.15) is 24.5 Å². The van der Waals surface area contributed by atoms with E-state index in [4.69, 9.17) is 0 Å². The standard InChI is InChI=1S/C29H31N2/c1-3-9-24-17-15-22-11-5-7-13-26(22)28(24)30-19-20-31(21-30)29-25(10-4-2)18-16-23-12-6-8-14-27(23)29/h5-8,11-18,21H,3-4,9-10,19-20H2,1-2H3/q+1. The molecule has 4 aromatic carbocycles. The smallest absolute Gasteiger partial charge is 0.229 e. The highest BCUT2D eigenvalue weighted by Gasteiger charge is 2.28. The van der Waals surface area contributed by atoms with Gasteiger partial charge in [0.15, 0.2) is 0 Å². The highest BCUT2D eigenvalue weighted by Crippen LogP contribution is 2.35. The van der Waals surface area contributed by atoms with Crippen LogP contribution in [-0.4, -0.2) is 24.0 Å². The Balaban J connectivity index is 1.66. The molecule has 0 saturated carbocycles. The van der Waals surface area contributed by atoms with Gasteiger partial charge in [0, 0.05) is 10.8 Å². The van der Waals surface area contributed by atoms with Crippen LogP contribution < -0.4 is 4.90 Å². The van der Waals surface area contributed by atoms with Crippen molar-refractivity contribution in [2.24, 2.45) is 0 Å². The molecular weight excluding hydrogens is 376 g/mol. The first-order valence-corrected chi connectivity index (χ1v) is 11.7. The van der Waals surface area contributed by atoms with Crippen LogP contribution in [0.3, 0.4) is 0 Å². The number of benzene rings is 4. The molecule has 2 nitrogen and oxygen atoms in total. The molecule has 31 heavy (non-hydrogen) atoms. The Kier molecular flexibility index (Phi) is 5.46. The average molecular weight is 408 g/mol. The second kappa shape index (κ2) is 8.55. The molecule has 0 unspecified atom stereocenters. The van der Waals surface area contributed by atoms with Gasteiger partial charge in [-0.1, -0.05) is 99.5 Å². The van der Waals surface area contributed by atoms with Gasteiger partial charge >= 0.3 is 0 Å². The van der Waals surface area contributed by atoms with Crippen LogP contribution in [0.2, 0.25) is 0 Å². The molecule has 4 aromatic rings. The second-order valence-corrected chi connectivity index (χ2v) is 8.59. The van der Waals surface area contributed by atoms with Gasteiger partial charge < -0.3 is 0 Å². The van der Waals surface area contributed by atoms with E-state index in [9.17, 15) is 0 Å². The molecule has 0 fully saturated rings. The molecule has 2 heteroatoms. The molecule has 1 aliphatic heterocycles. The Morgan fingerprint density at radius 1 is 0.710 bits per heavy atom. The molecule has 0 aliphatic carbocycles. The lowest BCUT2D eigenvalue weighted by atomic mass is 10.00. The molecule has 0 N–H and O–H groups in total. The third-order valence-corrected chi connectivity index (χ3v) is 6.44. The van der Waals surface area contributed by atoms with Crippen LogP contribution in [0.15, 0.2) is 72.8 Å². The quantitative estimate of drug-likeness (QED) is 0.309. The fraction of sp³-hybridized carbons (Fsp3) is 0.276. The molecule has 0 spiro atoms. The van der Waals surface area contributed by atoms with Gasteiger partial charge in [-0.05, 0) is 34.7 Å². The van der Waals surface area contributed by atoms with Gasteiger partial charge in [-0.25, -0.2) is 9.48 Å². The van der Waals surface area contributed by atoms with Crippen molar-refractivity contribution in [1.82, 2.24) is 0 Å². The summed E-state index contributed by atoms with van der Waals surface area (Å²) in [7, 11) is 0. The summed E-state index contributed by atoms with van der Waals surface area (Å²) in [6.45, 7) is 6.57. The Morgan fingerprint density at radius 3 is 2.06 bits per heavy atom. The van der Waals surface area contributed by atoms with Crippen LogP contribution in [0, 0.1) is 0 Å². The lowest BCUT2D eigenvalue weighted by molar-refractivity contribution is -0.422. The number of nitrogens with zero attached hydrogens (tertiary/aromatic N) is 2. The van der Waals surface area contributed by atoms with Gasteiger partial charge in [-0.3, -0.25) is 0 Å². The van der Waals surface area contributed by atoms with Crippen molar-refractivity contribution in [2.45, 2.75) is 39.5 Å². The Labute approximate surface area is 185 Å². The van der Waals surface area contributed by atoms with E-state index in [2.05, 4.69) is 102 Å². The van der Waals surface area contributed by atoms with Crippen molar-refractivity contribution in [1.29, 1.82) is 0 Å². The minimum absolute atomic E-state index is 1.01. The Morgan fingerprint density at radius 2 is 1.32 bits per heavy atom. The van der Waals surface area contributed by atoms with Crippen molar-refractivity contribution >= 4 is 39.3 Å². The first-order chi connectivity index (χ1) is 15.3.